The van der Waals surface area contributed by atoms with Crippen molar-refractivity contribution < 1.29 is 17.9 Å². The second kappa shape index (κ2) is 9.16. The number of nitrogens with zero attached hydrogens (tertiary/aromatic N) is 1. The van der Waals surface area contributed by atoms with Crippen LogP contribution in [0.3, 0.4) is 0 Å². The number of methoxy groups -OCH3 is 1. The van der Waals surface area contributed by atoms with E-state index in [1.54, 1.807) is 23.5 Å². The molecule has 3 rings (SSSR count). The average Bonchev–Trinajstić information content (AvgIpc) is 3.23. The Kier molecular flexibility index (Phi) is 6.88. The fourth-order valence-corrected chi connectivity index (χ4v) is 5.19. The summed E-state index contributed by atoms with van der Waals surface area (Å²) in [5, 5.41) is 4.09. The lowest BCUT2D eigenvalue weighted by Crippen LogP contribution is -2.43. The van der Waals surface area contributed by atoms with E-state index in [-0.39, 0.29) is 10.9 Å². The maximum Gasteiger partial charge on any atom is 0.244 e. The lowest BCUT2D eigenvalue weighted by atomic mass is 10.1. The summed E-state index contributed by atoms with van der Waals surface area (Å²) in [5.41, 5.74) is 2.08. The molecule has 0 saturated carbocycles. The third-order valence-corrected chi connectivity index (χ3v) is 6.95. The van der Waals surface area contributed by atoms with E-state index in [1.165, 1.54) is 7.11 Å². The van der Waals surface area contributed by atoms with Crippen molar-refractivity contribution in [1.82, 2.24) is 9.62 Å². The van der Waals surface area contributed by atoms with Crippen LogP contribution >= 0.6 is 11.3 Å². The van der Waals surface area contributed by atoms with Crippen molar-refractivity contribution >= 4 is 21.4 Å². The Hall–Kier alpha value is -1.45. The minimum Gasteiger partial charge on any atom is -0.495 e. The van der Waals surface area contributed by atoms with Crippen LogP contribution in [0.4, 0.5) is 0 Å². The first-order chi connectivity index (χ1) is 13.0. The van der Waals surface area contributed by atoms with E-state index in [0.29, 0.717) is 25.5 Å². The standard InChI is InChI=1S/C19H26N2O4S2/c1-3-15-4-5-18(24-2)19(12-15)27(22,23)20-13-17(16-6-11-26-14-16)21-7-9-25-10-8-21/h4-6,11-12,14,17,20H,3,7-10,13H2,1-2H3. The number of aryl methyl sites for hydroxylation is 1. The van der Waals surface area contributed by atoms with Gasteiger partial charge in [0.05, 0.1) is 20.3 Å². The molecule has 2 aromatic rings. The number of sulfonamides is 1. The second-order valence-corrected chi connectivity index (χ2v) is 8.93. The van der Waals surface area contributed by atoms with Crippen LogP contribution in [0, 0.1) is 0 Å². The molecule has 1 atom stereocenters. The van der Waals surface area contributed by atoms with Gasteiger partial charge in [-0.25, -0.2) is 13.1 Å². The first kappa shape index (κ1) is 20.3. The molecule has 1 aliphatic heterocycles. The van der Waals surface area contributed by atoms with E-state index in [2.05, 4.69) is 21.1 Å². The van der Waals surface area contributed by atoms with Gasteiger partial charge in [-0.15, -0.1) is 0 Å². The second-order valence-electron chi connectivity index (χ2n) is 6.41. The first-order valence-electron chi connectivity index (χ1n) is 9.05. The zero-order chi connectivity index (χ0) is 19.3. The van der Waals surface area contributed by atoms with Crippen molar-refractivity contribution in [2.24, 2.45) is 0 Å². The fourth-order valence-electron chi connectivity index (χ4n) is 3.23. The molecule has 0 radical (unpaired) electrons. The smallest absolute Gasteiger partial charge is 0.244 e. The van der Waals surface area contributed by atoms with E-state index in [4.69, 9.17) is 9.47 Å². The largest absolute Gasteiger partial charge is 0.495 e. The van der Waals surface area contributed by atoms with E-state index in [1.807, 2.05) is 18.4 Å². The van der Waals surface area contributed by atoms with Crippen LogP contribution in [0.5, 0.6) is 5.75 Å². The minimum atomic E-state index is -3.69. The van der Waals surface area contributed by atoms with Gasteiger partial charge in [0.2, 0.25) is 10.0 Å². The summed E-state index contributed by atoms with van der Waals surface area (Å²) in [4.78, 5) is 2.46. The lowest BCUT2D eigenvalue weighted by Gasteiger charge is -2.34. The van der Waals surface area contributed by atoms with Crippen molar-refractivity contribution in [1.29, 1.82) is 0 Å². The molecular formula is C19H26N2O4S2. The van der Waals surface area contributed by atoms with Gasteiger partial charge < -0.3 is 9.47 Å². The summed E-state index contributed by atoms with van der Waals surface area (Å²) in [7, 11) is -2.20. The van der Waals surface area contributed by atoms with Gasteiger partial charge in [-0.1, -0.05) is 13.0 Å². The number of hydrogen-bond acceptors (Lipinski definition) is 6. The third kappa shape index (κ3) is 4.89. The van der Waals surface area contributed by atoms with Gasteiger partial charge in [0.15, 0.2) is 0 Å². The van der Waals surface area contributed by atoms with Crippen LogP contribution < -0.4 is 9.46 Å². The molecule has 8 heteroatoms. The van der Waals surface area contributed by atoms with Crippen molar-refractivity contribution in [3.63, 3.8) is 0 Å². The maximum absolute atomic E-state index is 13.0. The Morgan fingerprint density at radius 2 is 2.07 bits per heavy atom. The quantitative estimate of drug-likeness (QED) is 0.725. The number of ether oxygens (including phenoxy) is 2. The van der Waals surface area contributed by atoms with Crippen molar-refractivity contribution in [2.45, 2.75) is 24.3 Å². The number of benzene rings is 1. The maximum atomic E-state index is 13.0. The molecule has 1 unspecified atom stereocenters. The van der Waals surface area contributed by atoms with Crippen LogP contribution in [-0.4, -0.2) is 53.3 Å². The Bertz CT molecular complexity index is 831. The normalized spacial score (nSPS) is 17.0. The molecule has 0 bridgehead atoms. The highest BCUT2D eigenvalue weighted by Crippen LogP contribution is 2.27. The third-order valence-electron chi connectivity index (χ3n) is 4.81. The molecule has 1 aliphatic rings. The van der Waals surface area contributed by atoms with Gasteiger partial charge in [0, 0.05) is 25.7 Å². The molecule has 1 saturated heterocycles. The average molecular weight is 411 g/mol. The zero-order valence-corrected chi connectivity index (χ0v) is 17.3. The summed E-state index contributed by atoms with van der Waals surface area (Å²) in [6.07, 6.45) is 0.762. The number of rotatable bonds is 8. The molecular weight excluding hydrogens is 384 g/mol. The van der Waals surface area contributed by atoms with Crippen LogP contribution in [0.2, 0.25) is 0 Å². The summed E-state index contributed by atoms with van der Waals surface area (Å²) >= 11 is 1.62. The summed E-state index contributed by atoms with van der Waals surface area (Å²) in [6, 6.07) is 7.33. The molecule has 0 aliphatic carbocycles. The van der Waals surface area contributed by atoms with Gasteiger partial charge in [0.25, 0.3) is 0 Å². The predicted molar refractivity (Wildman–Crippen MR) is 107 cm³/mol. The number of morpholine rings is 1. The molecule has 1 N–H and O–H groups in total. The van der Waals surface area contributed by atoms with E-state index in [9.17, 15) is 8.42 Å². The SMILES string of the molecule is CCc1ccc(OC)c(S(=O)(=O)NCC(c2ccsc2)N2CCOCC2)c1. The number of hydrogen-bond donors (Lipinski definition) is 1. The van der Waals surface area contributed by atoms with E-state index >= 15 is 0 Å². The van der Waals surface area contributed by atoms with E-state index < -0.39 is 10.0 Å². The van der Waals surface area contributed by atoms with Gasteiger partial charge in [-0.05, 0) is 46.5 Å². The molecule has 148 valence electrons. The fraction of sp³-hybridized carbons (Fsp3) is 0.474. The van der Waals surface area contributed by atoms with Crippen molar-refractivity contribution in [2.75, 3.05) is 40.0 Å². The molecule has 1 aromatic carbocycles. The molecule has 1 fully saturated rings. The first-order valence-corrected chi connectivity index (χ1v) is 11.5. The Labute approximate surface area is 165 Å². The molecule has 6 nitrogen and oxygen atoms in total. The predicted octanol–water partition coefficient (Wildman–Crippen LogP) is 2.67. The molecule has 0 amide bonds. The summed E-state index contributed by atoms with van der Waals surface area (Å²) in [6.45, 7) is 5.21. The molecule has 1 aromatic heterocycles. The van der Waals surface area contributed by atoms with Crippen LogP contribution in [0.25, 0.3) is 0 Å². The van der Waals surface area contributed by atoms with E-state index in [0.717, 1.165) is 30.6 Å². The highest BCUT2D eigenvalue weighted by molar-refractivity contribution is 7.89. The van der Waals surface area contributed by atoms with Gasteiger partial charge in [-0.3, -0.25) is 4.90 Å². The number of thiophene rings is 1. The Morgan fingerprint density at radius 1 is 1.30 bits per heavy atom. The zero-order valence-electron chi connectivity index (χ0n) is 15.7. The molecule has 0 spiro atoms. The van der Waals surface area contributed by atoms with Crippen molar-refractivity contribution in [3.05, 3.63) is 46.2 Å². The summed E-state index contributed by atoms with van der Waals surface area (Å²) in [5.74, 6) is 0.359. The topological polar surface area (TPSA) is 67.9 Å². The highest BCUT2D eigenvalue weighted by atomic mass is 32.2. The van der Waals surface area contributed by atoms with Crippen molar-refractivity contribution in [3.8, 4) is 5.75 Å². The lowest BCUT2D eigenvalue weighted by molar-refractivity contribution is 0.0173. The minimum absolute atomic E-state index is 0.0183. The number of nitrogens with one attached hydrogen (secondary N) is 1. The van der Waals surface area contributed by atoms with Crippen LogP contribution in [-0.2, 0) is 21.2 Å². The molecule has 2 heterocycles. The molecule has 27 heavy (non-hydrogen) atoms. The van der Waals surface area contributed by atoms with Crippen LogP contribution in [0.15, 0.2) is 39.9 Å². The highest BCUT2D eigenvalue weighted by Gasteiger charge is 2.26. The van der Waals surface area contributed by atoms with Gasteiger partial charge in [-0.2, -0.15) is 11.3 Å². The Balaban J connectivity index is 1.82. The summed E-state index contributed by atoms with van der Waals surface area (Å²) < 4.78 is 39.5. The van der Waals surface area contributed by atoms with Gasteiger partial charge >= 0.3 is 0 Å². The van der Waals surface area contributed by atoms with Gasteiger partial charge in [0.1, 0.15) is 10.6 Å². The Morgan fingerprint density at radius 3 is 2.70 bits per heavy atom. The van der Waals surface area contributed by atoms with Crippen LogP contribution in [0.1, 0.15) is 24.1 Å². The monoisotopic (exact) mass is 410 g/mol.